The second-order valence-electron chi connectivity index (χ2n) is 4.70. The highest BCUT2D eigenvalue weighted by molar-refractivity contribution is 6.30. The van der Waals surface area contributed by atoms with Crippen LogP contribution in [0.1, 0.15) is 17.2 Å². The van der Waals surface area contributed by atoms with Gasteiger partial charge < -0.3 is 5.73 Å². The van der Waals surface area contributed by atoms with Crippen molar-refractivity contribution in [2.75, 3.05) is 13.6 Å². The number of hydrogen-bond donors (Lipinski definition) is 1. The Hall–Kier alpha value is -1.49. The first-order chi connectivity index (χ1) is 9.61. The summed E-state index contributed by atoms with van der Waals surface area (Å²) in [6.45, 7) is 1.12. The van der Waals surface area contributed by atoms with Crippen LogP contribution >= 0.6 is 11.6 Å². The van der Waals surface area contributed by atoms with Crippen LogP contribution < -0.4 is 5.73 Å². The van der Waals surface area contributed by atoms with E-state index in [0.29, 0.717) is 13.1 Å². The molecule has 3 nitrogen and oxygen atoms in total. The third kappa shape index (κ3) is 3.54. The molecular formula is C15H17ClFN3. The number of hydrogen-bond acceptors (Lipinski definition) is 3. The summed E-state index contributed by atoms with van der Waals surface area (Å²) < 4.78 is 13.6. The van der Waals surface area contributed by atoms with E-state index in [-0.39, 0.29) is 11.1 Å². The molecule has 2 aromatic rings. The highest BCUT2D eigenvalue weighted by Crippen LogP contribution is 2.24. The third-order valence-corrected chi connectivity index (χ3v) is 3.57. The number of halogens is 2. The molecular weight excluding hydrogens is 277 g/mol. The summed E-state index contributed by atoms with van der Waals surface area (Å²) in [6, 6.07) is 8.67. The second kappa shape index (κ2) is 6.79. The van der Waals surface area contributed by atoms with Crippen molar-refractivity contribution in [3.8, 4) is 0 Å². The van der Waals surface area contributed by atoms with Crippen LogP contribution in [0.5, 0.6) is 0 Å². The average molecular weight is 294 g/mol. The lowest BCUT2D eigenvalue weighted by atomic mass is 10.0. The highest BCUT2D eigenvalue weighted by Gasteiger charge is 2.17. The van der Waals surface area contributed by atoms with Gasteiger partial charge in [-0.2, -0.15) is 0 Å². The molecule has 1 atom stereocenters. The van der Waals surface area contributed by atoms with Crippen LogP contribution in [0, 0.1) is 5.82 Å². The van der Waals surface area contributed by atoms with E-state index in [9.17, 15) is 4.39 Å². The van der Waals surface area contributed by atoms with Crippen molar-refractivity contribution in [1.29, 1.82) is 0 Å². The molecule has 1 aromatic heterocycles. The van der Waals surface area contributed by atoms with Gasteiger partial charge in [0.15, 0.2) is 0 Å². The van der Waals surface area contributed by atoms with E-state index < -0.39 is 5.82 Å². The van der Waals surface area contributed by atoms with Crippen molar-refractivity contribution in [2.24, 2.45) is 5.73 Å². The number of benzene rings is 1. The Morgan fingerprint density at radius 1 is 1.30 bits per heavy atom. The Kier molecular flexibility index (Phi) is 5.06. The molecule has 0 bridgehead atoms. The molecule has 0 aliphatic heterocycles. The Morgan fingerprint density at radius 2 is 2.00 bits per heavy atom. The molecule has 5 heteroatoms. The zero-order chi connectivity index (χ0) is 14.5. The summed E-state index contributed by atoms with van der Waals surface area (Å²) in [5.74, 6) is -0.417. The Morgan fingerprint density at radius 3 is 2.60 bits per heavy atom. The van der Waals surface area contributed by atoms with Gasteiger partial charge in [0.2, 0.25) is 0 Å². The summed E-state index contributed by atoms with van der Waals surface area (Å²) in [5, 5.41) is 0.126. The maximum atomic E-state index is 13.6. The van der Waals surface area contributed by atoms with Gasteiger partial charge in [0.25, 0.3) is 0 Å². The van der Waals surface area contributed by atoms with E-state index in [1.54, 1.807) is 18.5 Å². The molecule has 0 fully saturated rings. The quantitative estimate of drug-likeness (QED) is 0.921. The van der Waals surface area contributed by atoms with Crippen LogP contribution in [-0.4, -0.2) is 23.5 Å². The number of aromatic nitrogens is 1. The van der Waals surface area contributed by atoms with Crippen molar-refractivity contribution in [3.05, 3.63) is 64.7 Å². The lowest BCUT2D eigenvalue weighted by Gasteiger charge is -2.27. The van der Waals surface area contributed by atoms with E-state index in [4.69, 9.17) is 17.3 Å². The molecule has 1 unspecified atom stereocenters. The maximum absolute atomic E-state index is 13.6. The van der Waals surface area contributed by atoms with Crippen molar-refractivity contribution < 1.29 is 4.39 Å². The maximum Gasteiger partial charge on any atom is 0.142 e. The molecule has 20 heavy (non-hydrogen) atoms. The first kappa shape index (κ1) is 14.9. The van der Waals surface area contributed by atoms with Crippen molar-refractivity contribution in [2.45, 2.75) is 12.6 Å². The fourth-order valence-electron chi connectivity index (χ4n) is 2.18. The second-order valence-corrected chi connectivity index (χ2v) is 5.10. The predicted octanol–water partition coefficient (Wildman–Crippen LogP) is 3.01. The Balaban J connectivity index is 2.16. The van der Waals surface area contributed by atoms with Crippen LogP contribution in [0.2, 0.25) is 5.02 Å². The van der Waals surface area contributed by atoms with Gasteiger partial charge >= 0.3 is 0 Å². The number of nitrogens with two attached hydrogens (primary N) is 1. The number of rotatable bonds is 5. The Labute approximate surface area is 123 Å². The van der Waals surface area contributed by atoms with E-state index in [0.717, 1.165) is 11.1 Å². The fraction of sp³-hybridized carbons (Fsp3) is 0.267. The molecule has 0 saturated heterocycles. The van der Waals surface area contributed by atoms with Crippen LogP contribution in [0.4, 0.5) is 4.39 Å². The zero-order valence-corrected chi connectivity index (χ0v) is 12.0. The summed E-state index contributed by atoms with van der Waals surface area (Å²) in [6.07, 6.45) is 3.51. The van der Waals surface area contributed by atoms with Gasteiger partial charge in [0, 0.05) is 31.5 Å². The first-order valence-electron chi connectivity index (χ1n) is 6.36. The average Bonchev–Trinajstić information content (AvgIpc) is 2.44. The molecule has 0 aliphatic rings. The summed E-state index contributed by atoms with van der Waals surface area (Å²) in [4.78, 5) is 6.07. The number of pyridine rings is 1. The van der Waals surface area contributed by atoms with Gasteiger partial charge in [-0.1, -0.05) is 17.7 Å². The van der Waals surface area contributed by atoms with Crippen LogP contribution in [0.3, 0.4) is 0 Å². The van der Waals surface area contributed by atoms with Crippen molar-refractivity contribution in [3.63, 3.8) is 0 Å². The number of likely N-dealkylation sites (N-methyl/N-ethyl adjacent to an activating group) is 1. The van der Waals surface area contributed by atoms with Crippen LogP contribution in [-0.2, 0) is 6.54 Å². The van der Waals surface area contributed by atoms with Gasteiger partial charge in [0.05, 0.1) is 5.02 Å². The van der Waals surface area contributed by atoms with E-state index in [1.807, 2.05) is 25.2 Å². The third-order valence-electron chi connectivity index (χ3n) is 3.27. The molecule has 1 heterocycles. The first-order valence-corrected chi connectivity index (χ1v) is 6.73. The summed E-state index contributed by atoms with van der Waals surface area (Å²) in [7, 11) is 1.96. The molecule has 1 aromatic carbocycles. The fourth-order valence-corrected chi connectivity index (χ4v) is 2.29. The van der Waals surface area contributed by atoms with Crippen molar-refractivity contribution in [1.82, 2.24) is 9.88 Å². The SMILES string of the molecule is CN(Cc1ccncc1)C(CN)c1ccc(Cl)c(F)c1. The minimum absolute atomic E-state index is 0.0602. The predicted molar refractivity (Wildman–Crippen MR) is 78.9 cm³/mol. The molecule has 0 saturated carbocycles. The van der Waals surface area contributed by atoms with E-state index in [1.165, 1.54) is 6.07 Å². The lowest BCUT2D eigenvalue weighted by Crippen LogP contribution is -2.30. The number of nitrogens with zero attached hydrogens (tertiary/aromatic N) is 2. The molecule has 106 valence electrons. The standard InChI is InChI=1S/C15H17ClFN3/c1-20(10-11-4-6-19-7-5-11)15(9-18)12-2-3-13(16)14(17)8-12/h2-8,15H,9-10,18H2,1H3. The van der Waals surface area contributed by atoms with Gasteiger partial charge in [-0.05, 0) is 42.4 Å². The molecule has 0 aliphatic carbocycles. The van der Waals surface area contributed by atoms with Crippen molar-refractivity contribution >= 4 is 11.6 Å². The molecule has 2 rings (SSSR count). The van der Waals surface area contributed by atoms with Crippen LogP contribution in [0.15, 0.2) is 42.7 Å². The summed E-state index contributed by atoms with van der Waals surface area (Å²) >= 11 is 5.71. The molecule has 2 N–H and O–H groups in total. The van der Waals surface area contributed by atoms with Gasteiger partial charge in [-0.25, -0.2) is 4.39 Å². The summed E-state index contributed by atoms with van der Waals surface area (Å²) in [5.41, 5.74) is 7.80. The molecule has 0 amide bonds. The van der Waals surface area contributed by atoms with E-state index in [2.05, 4.69) is 9.88 Å². The Bertz CT molecular complexity index is 562. The lowest BCUT2D eigenvalue weighted by molar-refractivity contribution is 0.241. The minimum Gasteiger partial charge on any atom is -0.329 e. The van der Waals surface area contributed by atoms with Gasteiger partial charge in [-0.3, -0.25) is 9.88 Å². The van der Waals surface area contributed by atoms with E-state index >= 15 is 0 Å². The van der Waals surface area contributed by atoms with Gasteiger partial charge in [-0.15, -0.1) is 0 Å². The van der Waals surface area contributed by atoms with Crippen LogP contribution in [0.25, 0.3) is 0 Å². The normalized spacial score (nSPS) is 12.7. The molecule has 0 radical (unpaired) electrons. The van der Waals surface area contributed by atoms with Gasteiger partial charge in [0.1, 0.15) is 5.82 Å². The smallest absolute Gasteiger partial charge is 0.142 e. The largest absolute Gasteiger partial charge is 0.329 e. The highest BCUT2D eigenvalue weighted by atomic mass is 35.5. The zero-order valence-electron chi connectivity index (χ0n) is 11.3. The minimum atomic E-state index is -0.417. The monoisotopic (exact) mass is 293 g/mol. The molecule has 0 spiro atoms. The topological polar surface area (TPSA) is 42.2 Å².